The summed E-state index contributed by atoms with van der Waals surface area (Å²) < 4.78 is 41.5. The van der Waals surface area contributed by atoms with Gasteiger partial charge in [-0.1, -0.05) is 12.8 Å². The first-order valence-electron chi connectivity index (χ1n) is 11.8. The van der Waals surface area contributed by atoms with E-state index in [1.807, 2.05) is 0 Å². The average Bonchev–Trinajstić information content (AvgIpc) is 3.12. The number of fused-ring (bicyclic) bond motifs is 3. The van der Waals surface area contributed by atoms with Gasteiger partial charge in [0.2, 0.25) is 5.88 Å². The van der Waals surface area contributed by atoms with E-state index in [0.29, 0.717) is 43.3 Å². The van der Waals surface area contributed by atoms with Crippen LogP contribution >= 0.6 is 0 Å². The molecule has 7 nitrogen and oxygen atoms in total. The van der Waals surface area contributed by atoms with Crippen molar-refractivity contribution in [1.82, 2.24) is 19.9 Å². The van der Waals surface area contributed by atoms with E-state index in [0.717, 1.165) is 51.6 Å². The van der Waals surface area contributed by atoms with Gasteiger partial charge >= 0.3 is 6.01 Å². The number of hydrogen-bond acceptors (Lipinski definition) is 7. The Bertz CT molecular complexity index is 1050. The van der Waals surface area contributed by atoms with Gasteiger partial charge in [0.05, 0.1) is 17.3 Å². The molecule has 6 heterocycles. The van der Waals surface area contributed by atoms with Crippen molar-refractivity contribution in [3.05, 3.63) is 11.5 Å². The van der Waals surface area contributed by atoms with E-state index in [2.05, 4.69) is 19.8 Å². The molecule has 3 saturated heterocycles. The van der Waals surface area contributed by atoms with Crippen molar-refractivity contribution in [3.8, 4) is 11.9 Å². The zero-order valence-electron chi connectivity index (χ0n) is 18.4. The van der Waals surface area contributed by atoms with Crippen LogP contribution in [0.5, 0.6) is 11.9 Å². The monoisotopic (exact) mass is 445 g/mol. The molecule has 0 aromatic carbocycles. The molecule has 0 amide bonds. The number of anilines is 1. The molecule has 0 spiro atoms. The maximum atomic E-state index is 15.2. The summed E-state index contributed by atoms with van der Waals surface area (Å²) in [5.74, 6) is 0.566. The van der Waals surface area contributed by atoms with E-state index >= 15 is 4.39 Å². The Morgan fingerprint density at radius 1 is 1.16 bits per heavy atom. The maximum Gasteiger partial charge on any atom is 0.319 e. The molecule has 6 rings (SSSR count). The van der Waals surface area contributed by atoms with Gasteiger partial charge in [-0.3, -0.25) is 4.90 Å². The molecule has 0 N–H and O–H groups in total. The molecule has 172 valence electrons. The smallest absolute Gasteiger partial charge is 0.319 e. The van der Waals surface area contributed by atoms with Crippen molar-refractivity contribution < 1.29 is 18.3 Å². The number of nitrogens with zero attached hydrogens (tertiary/aromatic N) is 5. The maximum absolute atomic E-state index is 15.2. The largest absolute Gasteiger partial charge is 0.475 e. The van der Waals surface area contributed by atoms with Crippen molar-refractivity contribution in [2.45, 2.75) is 69.6 Å². The number of aryl methyl sites for hydroxylation is 1. The lowest BCUT2D eigenvalue weighted by molar-refractivity contribution is 0.107. The summed E-state index contributed by atoms with van der Waals surface area (Å²) in [4.78, 5) is 18.0. The quantitative estimate of drug-likeness (QED) is 0.716. The molecule has 9 heteroatoms. The number of hydrogen-bond donors (Lipinski definition) is 0. The zero-order chi connectivity index (χ0) is 21.9. The van der Waals surface area contributed by atoms with Crippen LogP contribution in [-0.2, 0) is 0 Å². The summed E-state index contributed by atoms with van der Waals surface area (Å²) >= 11 is 0. The number of aromatic nitrogens is 3. The minimum absolute atomic E-state index is 0.149. The standard InChI is InChI=1S/C23H29F2N5O2/c1-14-18(25)19-17-20(30-9-4-2-3-6-16(30)12-31-21(17)26-14)28-22(27-19)32-13-23-7-5-8-29(23)11-15(24)10-23/h15-16H,2-13H2,1H3/t15?,16-,23-/m0/s1. The second kappa shape index (κ2) is 7.64. The first-order chi connectivity index (χ1) is 15.5. The van der Waals surface area contributed by atoms with Gasteiger partial charge in [-0.25, -0.2) is 13.8 Å². The zero-order valence-corrected chi connectivity index (χ0v) is 18.4. The van der Waals surface area contributed by atoms with Gasteiger partial charge in [-0.15, -0.1) is 0 Å². The fourth-order valence-electron chi connectivity index (χ4n) is 6.04. The van der Waals surface area contributed by atoms with Crippen molar-refractivity contribution in [2.24, 2.45) is 0 Å². The highest BCUT2D eigenvalue weighted by Gasteiger charge is 2.49. The summed E-state index contributed by atoms with van der Waals surface area (Å²) in [6.45, 7) is 4.61. The van der Waals surface area contributed by atoms with Crippen molar-refractivity contribution in [3.63, 3.8) is 0 Å². The highest BCUT2D eigenvalue weighted by atomic mass is 19.1. The lowest BCUT2D eigenvalue weighted by atomic mass is 9.95. The van der Waals surface area contributed by atoms with Crippen LogP contribution in [0.25, 0.3) is 10.9 Å². The first-order valence-corrected chi connectivity index (χ1v) is 11.8. The molecule has 0 radical (unpaired) electrons. The molecular weight excluding hydrogens is 416 g/mol. The molecule has 0 aliphatic carbocycles. The molecule has 3 atom stereocenters. The summed E-state index contributed by atoms with van der Waals surface area (Å²) in [5.41, 5.74) is 0.127. The molecule has 4 aliphatic rings. The van der Waals surface area contributed by atoms with Crippen LogP contribution in [-0.4, -0.2) is 70.5 Å². The number of alkyl halides is 1. The minimum atomic E-state index is -0.829. The Morgan fingerprint density at radius 2 is 2.06 bits per heavy atom. The van der Waals surface area contributed by atoms with Crippen LogP contribution in [0.3, 0.4) is 0 Å². The summed E-state index contributed by atoms with van der Waals surface area (Å²) in [5, 5.41) is 0.523. The molecule has 4 aliphatic heterocycles. The van der Waals surface area contributed by atoms with Crippen LogP contribution in [0.1, 0.15) is 50.6 Å². The summed E-state index contributed by atoms with van der Waals surface area (Å²) in [6.07, 6.45) is 5.90. The topological polar surface area (TPSA) is 63.6 Å². The molecule has 2 aromatic rings. The van der Waals surface area contributed by atoms with Gasteiger partial charge in [-0.05, 0) is 39.2 Å². The van der Waals surface area contributed by atoms with Crippen LogP contribution in [0.15, 0.2) is 0 Å². The third kappa shape index (κ3) is 3.19. The van der Waals surface area contributed by atoms with E-state index in [4.69, 9.17) is 14.5 Å². The SMILES string of the molecule is Cc1nc2c3c(nc(OC[C@@]45CCCN4CC(F)C5)nc3c1F)N1CCCCC[C@H]1CO2. The van der Waals surface area contributed by atoms with Gasteiger partial charge in [0.15, 0.2) is 5.82 Å². The fourth-order valence-corrected chi connectivity index (χ4v) is 6.04. The minimum Gasteiger partial charge on any atom is -0.475 e. The molecule has 1 unspecified atom stereocenters. The van der Waals surface area contributed by atoms with Crippen LogP contribution in [0.2, 0.25) is 0 Å². The van der Waals surface area contributed by atoms with E-state index in [9.17, 15) is 4.39 Å². The second-order valence-corrected chi connectivity index (χ2v) is 9.74. The van der Waals surface area contributed by atoms with Gasteiger partial charge in [0.25, 0.3) is 0 Å². The van der Waals surface area contributed by atoms with Gasteiger partial charge < -0.3 is 14.4 Å². The third-order valence-electron chi connectivity index (χ3n) is 7.67. The Morgan fingerprint density at radius 3 is 2.97 bits per heavy atom. The lowest BCUT2D eigenvalue weighted by Crippen LogP contribution is -2.43. The van der Waals surface area contributed by atoms with Crippen molar-refractivity contribution in [1.29, 1.82) is 0 Å². The van der Waals surface area contributed by atoms with E-state index < -0.39 is 12.0 Å². The van der Waals surface area contributed by atoms with E-state index in [1.165, 1.54) is 0 Å². The lowest BCUT2D eigenvalue weighted by Gasteiger charge is -2.31. The second-order valence-electron chi connectivity index (χ2n) is 9.74. The van der Waals surface area contributed by atoms with E-state index in [1.54, 1.807) is 6.92 Å². The Balaban J connectivity index is 1.42. The van der Waals surface area contributed by atoms with Crippen LogP contribution in [0, 0.1) is 12.7 Å². The fraction of sp³-hybridized carbons (Fsp3) is 0.696. The van der Waals surface area contributed by atoms with Gasteiger partial charge in [0, 0.05) is 19.5 Å². The van der Waals surface area contributed by atoms with Crippen molar-refractivity contribution >= 4 is 16.7 Å². The van der Waals surface area contributed by atoms with Crippen LogP contribution < -0.4 is 14.4 Å². The molecule has 0 bridgehead atoms. The Hall–Kier alpha value is -2.29. The molecule has 32 heavy (non-hydrogen) atoms. The summed E-state index contributed by atoms with van der Waals surface area (Å²) in [6, 6.07) is 0.309. The Labute approximate surface area is 186 Å². The predicted molar refractivity (Wildman–Crippen MR) is 116 cm³/mol. The third-order valence-corrected chi connectivity index (χ3v) is 7.67. The van der Waals surface area contributed by atoms with Crippen LogP contribution in [0.4, 0.5) is 14.6 Å². The molecule has 2 aromatic heterocycles. The Kier molecular flexibility index (Phi) is 4.85. The number of ether oxygens (including phenoxy) is 2. The highest BCUT2D eigenvalue weighted by Crippen LogP contribution is 2.42. The summed E-state index contributed by atoms with van der Waals surface area (Å²) in [7, 11) is 0. The molecule has 3 fully saturated rings. The predicted octanol–water partition coefficient (Wildman–Crippen LogP) is 3.57. The normalized spacial score (nSPS) is 29.9. The molecular formula is C23H29F2N5O2. The van der Waals surface area contributed by atoms with E-state index in [-0.39, 0.29) is 28.8 Å². The highest BCUT2D eigenvalue weighted by molar-refractivity contribution is 5.95. The first kappa shape index (κ1) is 20.3. The number of rotatable bonds is 3. The van der Waals surface area contributed by atoms with Gasteiger partial charge in [0.1, 0.15) is 36.1 Å². The average molecular weight is 446 g/mol. The van der Waals surface area contributed by atoms with Crippen molar-refractivity contribution in [2.75, 3.05) is 37.7 Å². The number of pyridine rings is 1. The number of halogens is 2. The van der Waals surface area contributed by atoms with Gasteiger partial charge in [-0.2, -0.15) is 9.97 Å². The molecule has 0 saturated carbocycles.